The molecule has 8 heteroatoms. The zero-order chi connectivity index (χ0) is 12.6. The Bertz CT molecular complexity index is 415. The second kappa shape index (κ2) is 3.69. The number of hydrogen-bond acceptors (Lipinski definition) is 2. The maximum Gasteiger partial charge on any atom is 0.433 e. The molecular weight excluding hydrogens is 237 g/mol. The molecule has 1 heterocycles. The first kappa shape index (κ1) is 12.3. The van der Waals surface area contributed by atoms with E-state index in [1.165, 1.54) is 0 Å². The molecule has 1 rings (SSSR count). The van der Waals surface area contributed by atoms with Crippen LogP contribution in [0, 0.1) is 0 Å². The first-order valence-electron chi connectivity index (χ1n) is 3.81. The quantitative estimate of drug-likeness (QED) is 0.808. The summed E-state index contributed by atoms with van der Waals surface area (Å²) in [5.41, 5.74) is -3.01. The predicted molar refractivity (Wildman–Crippen MR) is 40.8 cm³/mol. The summed E-state index contributed by atoms with van der Waals surface area (Å²) in [6.07, 6.45) is -4.90. The number of hydrogen-bond donors (Lipinski definition) is 1. The van der Waals surface area contributed by atoms with Crippen LogP contribution in [0.1, 0.15) is 11.4 Å². The molecule has 88 valence electrons. The summed E-state index contributed by atoms with van der Waals surface area (Å²) in [5.74, 6) is -7.00. The third-order valence-corrected chi connectivity index (χ3v) is 1.63. The van der Waals surface area contributed by atoms with E-state index in [1.807, 2.05) is 0 Å². The van der Waals surface area contributed by atoms with Crippen molar-refractivity contribution in [3.63, 3.8) is 0 Å². The van der Waals surface area contributed by atoms with Crippen LogP contribution >= 0.6 is 0 Å². The first-order chi connectivity index (χ1) is 7.15. The molecular formula is C8H4F5NO2. The van der Waals surface area contributed by atoms with Crippen molar-refractivity contribution in [2.45, 2.75) is 12.1 Å². The molecule has 0 saturated heterocycles. The van der Waals surface area contributed by atoms with Crippen molar-refractivity contribution in [3.05, 3.63) is 29.6 Å². The van der Waals surface area contributed by atoms with Crippen LogP contribution < -0.4 is 0 Å². The Morgan fingerprint density at radius 2 is 1.62 bits per heavy atom. The highest BCUT2D eigenvalue weighted by molar-refractivity contribution is 5.76. The number of aromatic nitrogens is 1. The molecule has 0 bridgehead atoms. The Labute approximate surface area is 85.5 Å². The van der Waals surface area contributed by atoms with Gasteiger partial charge < -0.3 is 5.11 Å². The Hall–Kier alpha value is -1.73. The zero-order valence-electron chi connectivity index (χ0n) is 7.42. The molecule has 0 unspecified atom stereocenters. The van der Waals surface area contributed by atoms with E-state index in [1.54, 1.807) is 0 Å². The van der Waals surface area contributed by atoms with Crippen molar-refractivity contribution in [1.82, 2.24) is 4.98 Å². The van der Waals surface area contributed by atoms with E-state index >= 15 is 0 Å². The SMILES string of the molecule is O=C(O)C(F)(F)c1cccc(C(F)(F)F)n1. The van der Waals surface area contributed by atoms with Crippen molar-refractivity contribution >= 4 is 5.97 Å². The van der Waals surface area contributed by atoms with Gasteiger partial charge in [0.15, 0.2) is 0 Å². The van der Waals surface area contributed by atoms with Gasteiger partial charge in [-0.2, -0.15) is 22.0 Å². The van der Waals surface area contributed by atoms with E-state index in [2.05, 4.69) is 4.98 Å². The highest BCUT2D eigenvalue weighted by Gasteiger charge is 2.44. The van der Waals surface area contributed by atoms with E-state index in [0.29, 0.717) is 18.2 Å². The smallest absolute Gasteiger partial charge is 0.433 e. The van der Waals surface area contributed by atoms with E-state index in [0.717, 1.165) is 0 Å². The van der Waals surface area contributed by atoms with Gasteiger partial charge in [0.1, 0.15) is 11.4 Å². The minimum Gasteiger partial charge on any atom is -0.476 e. The van der Waals surface area contributed by atoms with Crippen molar-refractivity contribution < 1.29 is 31.9 Å². The number of carboxylic acids is 1. The Kier molecular flexibility index (Phi) is 2.85. The fourth-order valence-corrected chi connectivity index (χ4v) is 0.877. The maximum atomic E-state index is 12.8. The molecule has 0 spiro atoms. The molecule has 0 aromatic carbocycles. The van der Waals surface area contributed by atoms with E-state index in [4.69, 9.17) is 5.11 Å². The van der Waals surface area contributed by atoms with Gasteiger partial charge in [-0.1, -0.05) is 6.07 Å². The van der Waals surface area contributed by atoms with Gasteiger partial charge in [0.25, 0.3) is 0 Å². The minimum absolute atomic E-state index is 0.474. The fourth-order valence-electron chi connectivity index (χ4n) is 0.877. The van der Waals surface area contributed by atoms with Crippen LogP contribution in [0.3, 0.4) is 0 Å². The molecule has 0 aliphatic rings. The number of halogens is 5. The van der Waals surface area contributed by atoms with Crippen molar-refractivity contribution in [2.24, 2.45) is 0 Å². The van der Waals surface area contributed by atoms with Crippen LogP contribution in [0.25, 0.3) is 0 Å². The molecule has 0 aliphatic heterocycles. The molecule has 0 aliphatic carbocycles. The summed E-state index contributed by atoms with van der Waals surface area (Å²) in [6.45, 7) is 0. The summed E-state index contributed by atoms with van der Waals surface area (Å²) in [7, 11) is 0. The van der Waals surface area contributed by atoms with Crippen LogP contribution in [0.15, 0.2) is 18.2 Å². The molecule has 16 heavy (non-hydrogen) atoms. The van der Waals surface area contributed by atoms with Crippen molar-refractivity contribution in [3.8, 4) is 0 Å². The van der Waals surface area contributed by atoms with Crippen molar-refractivity contribution in [2.75, 3.05) is 0 Å². The number of alkyl halides is 5. The second-order valence-corrected chi connectivity index (χ2v) is 2.79. The van der Waals surface area contributed by atoms with Crippen LogP contribution in [-0.4, -0.2) is 16.1 Å². The molecule has 1 aromatic heterocycles. The highest BCUT2D eigenvalue weighted by Crippen LogP contribution is 2.31. The molecule has 1 aromatic rings. The van der Waals surface area contributed by atoms with Crippen LogP contribution in [0.5, 0.6) is 0 Å². The average molecular weight is 241 g/mol. The summed E-state index contributed by atoms with van der Waals surface area (Å²) in [5, 5.41) is 8.12. The van der Waals surface area contributed by atoms with E-state index in [9.17, 15) is 26.7 Å². The standard InChI is InChI=1S/C8H4F5NO2/c9-7(10,6(15)16)4-2-1-3-5(14-4)8(11,12)13/h1-3H,(H,15,16). The van der Waals surface area contributed by atoms with Crippen LogP contribution in [-0.2, 0) is 16.9 Å². The first-order valence-corrected chi connectivity index (χ1v) is 3.81. The van der Waals surface area contributed by atoms with Gasteiger partial charge >= 0.3 is 18.1 Å². The molecule has 0 atom stereocenters. The molecule has 1 N–H and O–H groups in total. The Balaban J connectivity index is 3.23. The fraction of sp³-hybridized carbons (Fsp3) is 0.250. The lowest BCUT2D eigenvalue weighted by molar-refractivity contribution is -0.167. The normalized spacial score (nSPS) is 12.6. The molecule has 3 nitrogen and oxygen atoms in total. The third kappa shape index (κ3) is 2.26. The monoisotopic (exact) mass is 241 g/mol. The van der Waals surface area contributed by atoms with E-state index in [-0.39, 0.29) is 0 Å². The van der Waals surface area contributed by atoms with Gasteiger partial charge in [-0.3, -0.25) is 0 Å². The van der Waals surface area contributed by atoms with Crippen LogP contribution in [0.2, 0.25) is 0 Å². The number of carbonyl (C=O) groups is 1. The number of nitrogens with zero attached hydrogens (tertiary/aromatic N) is 1. The van der Waals surface area contributed by atoms with Gasteiger partial charge in [-0.15, -0.1) is 0 Å². The molecule has 0 radical (unpaired) electrons. The lowest BCUT2D eigenvalue weighted by Crippen LogP contribution is -2.27. The predicted octanol–water partition coefficient (Wildman–Crippen LogP) is 2.28. The topological polar surface area (TPSA) is 50.2 Å². The van der Waals surface area contributed by atoms with Gasteiger partial charge in [0, 0.05) is 0 Å². The number of carboxylic acid groups (broad SMARTS) is 1. The summed E-state index contributed by atoms with van der Waals surface area (Å²) < 4.78 is 61.9. The largest absolute Gasteiger partial charge is 0.476 e. The number of aliphatic carboxylic acids is 1. The number of pyridine rings is 1. The molecule has 0 amide bonds. The molecule has 0 saturated carbocycles. The van der Waals surface area contributed by atoms with Gasteiger partial charge in [0.2, 0.25) is 0 Å². The summed E-state index contributed by atoms with van der Waals surface area (Å²) >= 11 is 0. The van der Waals surface area contributed by atoms with Crippen LogP contribution in [0.4, 0.5) is 22.0 Å². The minimum atomic E-state index is -4.90. The number of rotatable bonds is 2. The lowest BCUT2D eigenvalue weighted by atomic mass is 10.2. The molecule has 0 fully saturated rings. The zero-order valence-corrected chi connectivity index (χ0v) is 7.42. The van der Waals surface area contributed by atoms with E-state index < -0.39 is 29.5 Å². The Morgan fingerprint density at radius 3 is 2.06 bits per heavy atom. The lowest BCUT2D eigenvalue weighted by Gasteiger charge is -2.12. The van der Waals surface area contributed by atoms with Gasteiger partial charge in [0.05, 0.1) is 0 Å². The third-order valence-electron chi connectivity index (χ3n) is 1.63. The van der Waals surface area contributed by atoms with Gasteiger partial charge in [-0.05, 0) is 12.1 Å². The average Bonchev–Trinajstić information content (AvgIpc) is 2.16. The van der Waals surface area contributed by atoms with Crippen molar-refractivity contribution in [1.29, 1.82) is 0 Å². The second-order valence-electron chi connectivity index (χ2n) is 2.79. The van der Waals surface area contributed by atoms with Gasteiger partial charge in [-0.25, -0.2) is 9.78 Å². The summed E-state index contributed by atoms with van der Waals surface area (Å²) in [6, 6.07) is 1.66. The maximum absolute atomic E-state index is 12.8. The Morgan fingerprint density at radius 1 is 1.12 bits per heavy atom. The highest BCUT2D eigenvalue weighted by atomic mass is 19.4. The summed E-state index contributed by atoms with van der Waals surface area (Å²) in [4.78, 5) is 12.7.